The van der Waals surface area contributed by atoms with E-state index < -0.39 is 0 Å². The van der Waals surface area contributed by atoms with E-state index >= 15 is 0 Å². The molecule has 2 nitrogen and oxygen atoms in total. The predicted molar refractivity (Wildman–Crippen MR) is 79.0 cm³/mol. The van der Waals surface area contributed by atoms with Gasteiger partial charge in [0.25, 0.3) is 0 Å². The Morgan fingerprint density at radius 2 is 2.22 bits per heavy atom. The molecule has 0 bridgehead atoms. The van der Waals surface area contributed by atoms with Gasteiger partial charge in [-0.25, -0.2) is 0 Å². The highest BCUT2D eigenvalue weighted by atomic mass is 79.9. The van der Waals surface area contributed by atoms with E-state index in [1.165, 1.54) is 16.5 Å². The molecule has 0 aliphatic carbocycles. The van der Waals surface area contributed by atoms with Crippen molar-refractivity contribution in [2.45, 2.75) is 26.2 Å². The number of piperidine rings is 1. The summed E-state index contributed by atoms with van der Waals surface area (Å²) in [5, 5.41) is 3.52. The second-order valence-corrected chi connectivity index (χ2v) is 6.17. The molecule has 0 aromatic heterocycles. The van der Waals surface area contributed by atoms with E-state index in [1.54, 1.807) is 0 Å². The normalized spacial score (nSPS) is 28.3. The Kier molecular flexibility index (Phi) is 4.82. The highest BCUT2D eigenvalue weighted by Gasteiger charge is 2.38. The van der Waals surface area contributed by atoms with E-state index in [1.807, 2.05) is 0 Å². The van der Waals surface area contributed by atoms with Crippen molar-refractivity contribution >= 4 is 15.9 Å². The van der Waals surface area contributed by atoms with Crippen LogP contribution in [0, 0.1) is 5.41 Å². The van der Waals surface area contributed by atoms with Gasteiger partial charge in [-0.2, -0.15) is 0 Å². The lowest BCUT2D eigenvalue weighted by Gasteiger charge is -2.42. The Morgan fingerprint density at radius 1 is 1.44 bits per heavy atom. The lowest BCUT2D eigenvalue weighted by Crippen LogP contribution is -2.44. The molecule has 100 valence electrons. The molecule has 0 amide bonds. The van der Waals surface area contributed by atoms with Crippen LogP contribution in [0.25, 0.3) is 0 Å². The Bertz CT molecular complexity index is 396. The molecular weight excluding hydrogens is 290 g/mol. The van der Waals surface area contributed by atoms with Gasteiger partial charge in [0.05, 0.1) is 6.61 Å². The van der Waals surface area contributed by atoms with E-state index in [2.05, 4.69) is 59.4 Å². The zero-order valence-electron chi connectivity index (χ0n) is 11.2. The standard InChI is InChI=1S/C15H22BrNO/c1-3-18-11-15(2)8-9-17-10-13(15)12-6-4-5-7-14(12)16/h4-7,13,17H,3,8-11H2,1-2H3. The average molecular weight is 312 g/mol. The van der Waals surface area contributed by atoms with Gasteiger partial charge in [0.1, 0.15) is 0 Å². The molecule has 1 aromatic carbocycles. The van der Waals surface area contributed by atoms with Crippen molar-refractivity contribution in [1.82, 2.24) is 5.32 Å². The third-order valence-electron chi connectivity index (χ3n) is 3.98. The zero-order chi connectivity index (χ0) is 13.0. The van der Waals surface area contributed by atoms with Crippen LogP contribution in [0.15, 0.2) is 28.7 Å². The lowest BCUT2D eigenvalue weighted by atomic mass is 9.70. The van der Waals surface area contributed by atoms with Crippen molar-refractivity contribution in [1.29, 1.82) is 0 Å². The average Bonchev–Trinajstić information content (AvgIpc) is 2.38. The molecule has 1 saturated heterocycles. The minimum Gasteiger partial charge on any atom is -0.381 e. The third-order valence-corrected chi connectivity index (χ3v) is 4.70. The molecule has 0 spiro atoms. The van der Waals surface area contributed by atoms with Gasteiger partial charge in [0.15, 0.2) is 0 Å². The molecule has 0 radical (unpaired) electrons. The van der Waals surface area contributed by atoms with Crippen LogP contribution in [0.5, 0.6) is 0 Å². The van der Waals surface area contributed by atoms with Crippen molar-refractivity contribution in [3.63, 3.8) is 0 Å². The van der Waals surface area contributed by atoms with Crippen molar-refractivity contribution in [2.75, 3.05) is 26.3 Å². The highest BCUT2D eigenvalue weighted by Crippen LogP contribution is 2.42. The van der Waals surface area contributed by atoms with Crippen molar-refractivity contribution in [3.8, 4) is 0 Å². The van der Waals surface area contributed by atoms with E-state index in [9.17, 15) is 0 Å². The first-order valence-electron chi connectivity index (χ1n) is 6.70. The van der Waals surface area contributed by atoms with Gasteiger partial charge >= 0.3 is 0 Å². The number of rotatable bonds is 4. The molecule has 2 unspecified atom stereocenters. The summed E-state index contributed by atoms with van der Waals surface area (Å²) in [7, 11) is 0. The smallest absolute Gasteiger partial charge is 0.0526 e. The first-order chi connectivity index (χ1) is 8.67. The fourth-order valence-corrected chi connectivity index (χ4v) is 3.35. The molecular formula is C15H22BrNO. The fraction of sp³-hybridized carbons (Fsp3) is 0.600. The minimum absolute atomic E-state index is 0.227. The first-order valence-corrected chi connectivity index (χ1v) is 7.49. The number of ether oxygens (including phenoxy) is 1. The largest absolute Gasteiger partial charge is 0.381 e. The van der Waals surface area contributed by atoms with Crippen LogP contribution in [-0.2, 0) is 4.74 Å². The maximum absolute atomic E-state index is 5.72. The second-order valence-electron chi connectivity index (χ2n) is 5.32. The van der Waals surface area contributed by atoms with E-state index in [0.717, 1.165) is 26.3 Å². The van der Waals surface area contributed by atoms with E-state index in [0.29, 0.717) is 5.92 Å². The lowest BCUT2D eigenvalue weighted by molar-refractivity contribution is 0.0277. The monoisotopic (exact) mass is 311 g/mol. The van der Waals surface area contributed by atoms with Crippen LogP contribution in [0.1, 0.15) is 31.7 Å². The summed E-state index contributed by atoms with van der Waals surface area (Å²) in [5.74, 6) is 0.508. The van der Waals surface area contributed by atoms with Gasteiger partial charge in [0.2, 0.25) is 0 Å². The SMILES string of the molecule is CCOCC1(C)CCNCC1c1ccccc1Br. The summed E-state index contributed by atoms with van der Waals surface area (Å²) in [6.07, 6.45) is 1.17. The maximum atomic E-state index is 5.72. The Morgan fingerprint density at radius 3 is 2.94 bits per heavy atom. The van der Waals surface area contributed by atoms with Crippen LogP contribution in [0.2, 0.25) is 0 Å². The molecule has 1 aliphatic rings. The van der Waals surface area contributed by atoms with Gasteiger partial charge in [-0.1, -0.05) is 41.1 Å². The van der Waals surface area contributed by atoms with Crippen LogP contribution in [0.3, 0.4) is 0 Å². The molecule has 1 fully saturated rings. The molecule has 2 atom stereocenters. The summed E-state index contributed by atoms with van der Waals surface area (Å²) < 4.78 is 6.93. The molecule has 1 aromatic rings. The topological polar surface area (TPSA) is 21.3 Å². The quantitative estimate of drug-likeness (QED) is 0.918. The Labute approximate surface area is 118 Å². The molecule has 1 heterocycles. The third kappa shape index (κ3) is 2.95. The number of hydrogen-bond donors (Lipinski definition) is 1. The molecule has 3 heteroatoms. The molecule has 1 aliphatic heterocycles. The second kappa shape index (κ2) is 6.18. The minimum atomic E-state index is 0.227. The van der Waals surface area contributed by atoms with Gasteiger partial charge < -0.3 is 10.1 Å². The summed E-state index contributed by atoms with van der Waals surface area (Å²) in [6.45, 7) is 8.19. The Balaban J connectivity index is 2.25. The van der Waals surface area contributed by atoms with Gasteiger partial charge in [-0.05, 0) is 31.5 Å². The maximum Gasteiger partial charge on any atom is 0.0526 e. The van der Waals surface area contributed by atoms with Crippen molar-refractivity contribution in [3.05, 3.63) is 34.3 Å². The highest BCUT2D eigenvalue weighted by molar-refractivity contribution is 9.10. The Hall–Kier alpha value is -0.380. The molecule has 1 N–H and O–H groups in total. The van der Waals surface area contributed by atoms with Crippen LogP contribution in [0.4, 0.5) is 0 Å². The van der Waals surface area contributed by atoms with Gasteiger partial charge in [-0.3, -0.25) is 0 Å². The predicted octanol–water partition coefficient (Wildman–Crippen LogP) is 3.57. The zero-order valence-corrected chi connectivity index (χ0v) is 12.8. The van der Waals surface area contributed by atoms with Crippen LogP contribution in [-0.4, -0.2) is 26.3 Å². The van der Waals surface area contributed by atoms with Crippen LogP contribution >= 0.6 is 15.9 Å². The number of halogens is 1. The summed E-state index contributed by atoms with van der Waals surface area (Å²) in [6, 6.07) is 8.55. The summed E-state index contributed by atoms with van der Waals surface area (Å²) in [4.78, 5) is 0. The molecule has 2 rings (SSSR count). The summed E-state index contributed by atoms with van der Waals surface area (Å²) in [5.41, 5.74) is 1.62. The molecule has 18 heavy (non-hydrogen) atoms. The van der Waals surface area contributed by atoms with Crippen LogP contribution < -0.4 is 5.32 Å². The van der Waals surface area contributed by atoms with Gasteiger partial charge in [-0.15, -0.1) is 0 Å². The number of nitrogens with one attached hydrogen (secondary N) is 1. The summed E-state index contributed by atoms with van der Waals surface area (Å²) >= 11 is 3.68. The fourth-order valence-electron chi connectivity index (χ4n) is 2.79. The van der Waals surface area contributed by atoms with Gasteiger partial charge in [0, 0.05) is 29.0 Å². The number of hydrogen-bond acceptors (Lipinski definition) is 2. The first kappa shape index (κ1) is 14.0. The number of benzene rings is 1. The molecule has 0 saturated carbocycles. The van der Waals surface area contributed by atoms with E-state index in [4.69, 9.17) is 4.74 Å². The van der Waals surface area contributed by atoms with Crippen molar-refractivity contribution in [2.24, 2.45) is 5.41 Å². The van der Waals surface area contributed by atoms with Crippen molar-refractivity contribution < 1.29 is 4.74 Å². The van der Waals surface area contributed by atoms with E-state index in [-0.39, 0.29) is 5.41 Å².